The molecule has 0 spiro atoms. The zero-order valence-corrected chi connectivity index (χ0v) is 10.8. The summed E-state index contributed by atoms with van der Waals surface area (Å²) >= 11 is 3.45. The second-order valence-electron chi connectivity index (χ2n) is 3.89. The van der Waals surface area contributed by atoms with Crippen molar-refractivity contribution in [2.75, 3.05) is 0 Å². The second kappa shape index (κ2) is 4.03. The van der Waals surface area contributed by atoms with Crippen LogP contribution >= 0.6 is 15.9 Å². The molecule has 1 aromatic carbocycles. The molecule has 1 aromatic heterocycles. The Labute approximate surface area is 103 Å². The maximum atomic E-state index is 10.6. The predicted octanol–water partition coefficient (Wildman–Crippen LogP) is 2.44. The van der Waals surface area contributed by atoms with E-state index in [0.717, 1.165) is 15.7 Å². The SMILES string of the molecule is Cn1nccc1C(C)(O)c1ccccc1Br. The number of nitrogens with zero attached hydrogens (tertiary/aromatic N) is 2. The molecule has 0 radical (unpaired) electrons. The maximum Gasteiger partial charge on any atom is 0.129 e. The average molecular weight is 281 g/mol. The van der Waals surface area contributed by atoms with Gasteiger partial charge in [-0.15, -0.1) is 0 Å². The minimum absolute atomic E-state index is 0.763. The molecule has 2 rings (SSSR count). The van der Waals surface area contributed by atoms with Crippen molar-refractivity contribution in [1.82, 2.24) is 9.78 Å². The van der Waals surface area contributed by atoms with E-state index < -0.39 is 5.60 Å². The van der Waals surface area contributed by atoms with Gasteiger partial charge < -0.3 is 5.11 Å². The smallest absolute Gasteiger partial charge is 0.129 e. The van der Waals surface area contributed by atoms with Crippen LogP contribution < -0.4 is 0 Å². The molecule has 3 nitrogen and oxygen atoms in total. The molecule has 2 aromatic rings. The summed E-state index contributed by atoms with van der Waals surface area (Å²) in [5.74, 6) is 0. The molecule has 1 atom stereocenters. The number of aryl methyl sites for hydroxylation is 1. The van der Waals surface area contributed by atoms with Crippen LogP contribution in [-0.2, 0) is 12.6 Å². The van der Waals surface area contributed by atoms with Gasteiger partial charge in [-0.3, -0.25) is 4.68 Å². The van der Waals surface area contributed by atoms with Gasteiger partial charge in [-0.05, 0) is 19.1 Å². The lowest BCUT2D eigenvalue weighted by atomic mass is 9.92. The Morgan fingerprint density at radius 2 is 2.00 bits per heavy atom. The fraction of sp³-hybridized carbons (Fsp3) is 0.250. The first-order chi connectivity index (χ1) is 7.53. The standard InChI is InChI=1S/C12H13BrN2O/c1-12(16,11-7-8-14-15(11)2)9-5-3-4-6-10(9)13/h3-8,16H,1-2H3. The van der Waals surface area contributed by atoms with Crippen LogP contribution in [0.3, 0.4) is 0 Å². The van der Waals surface area contributed by atoms with E-state index in [1.165, 1.54) is 0 Å². The van der Waals surface area contributed by atoms with Crippen LogP contribution in [0, 0.1) is 0 Å². The van der Waals surface area contributed by atoms with Crippen LogP contribution in [-0.4, -0.2) is 14.9 Å². The molecular weight excluding hydrogens is 268 g/mol. The molecule has 0 saturated heterocycles. The molecule has 84 valence electrons. The fourth-order valence-corrected chi connectivity index (χ4v) is 2.52. The Bertz CT molecular complexity index is 505. The van der Waals surface area contributed by atoms with Gasteiger partial charge in [0.25, 0.3) is 0 Å². The van der Waals surface area contributed by atoms with Crippen LogP contribution in [0.1, 0.15) is 18.2 Å². The lowest BCUT2D eigenvalue weighted by Crippen LogP contribution is -2.26. The van der Waals surface area contributed by atoms with E-state index in [2.05, 4.69) is 21.0 Å². The van der Waals surface area contributed by atoms with E-state index in [9.17, 15) is 5.11 Å². The number of hydrogen-bond acceptors (Lipinski definition) is 2. The van der Waals surface area contributed by atoms with E-state index >= 15 is 0 Å². The highest BCUT2D eigenvalue weighted by Crippen LogP contribution is 2.33. The van der Waals surface area contributed by atoms with Crippen molar-refractivity contribution in [3.8, 4) is 0 Å². The number of hydrogen-bond donors (Lipinski definition) is 1. The third-order valence-corrected chi connectivity index (χ3v) is 3.41. The van der Waals surface area contributed by atoms with Crippen LogP contribution in [0.2, 0.25) is 0 Å². The molecule has 0 aliphatic heterocycles. The van der Waals surface area contributed by atoms with Gasteiger partial charge in [0, 0.05) is 23.3 Å². The van der Waals surface area contributed by atoms with E-state index in [1.807, 2.05) is 37.4 Å². The summed E-state index contributed by atoms with van der Waals surface area (Å²) in [4.78, 5) is 0. The number of benzene rings is 1. The molecule has 0 bridgehead atoms. The normalized spacial score (nSPS) is 14.8. The summed E-state index contributed by atoms with van der Waals surface area (Å²) in [6.07, 6.45) is 1.68. The number of aromatic nitrogens is 2. The van der Waals surface area contributed by atoms with Crippen molar-refractivity contribution >= 4 is 15.9 Å². The zero-order chi connectivity index (χ0) is 11.8. The van der Waals surface area contributed by atoms with E-state index in [-0.39, 0.29) is 0 Å². The molecule has 0 saturated carbocycles. The largest absolute Gasteiger partial charge is 0.379 e. The Morgan fingerprint density at radius 1 is 1.31 bits per heavy atom. The van der Waals surface area contributed by atoms with Gasteiger partial charge in [-0.1, -0.05) is 34.1 Å². The molecule has 0 fully saturated rings. The van der Waals surface area contributed by atoms with Crippen molar-refractivity contribution < 1.29 is 5.11 Å². The van der Waals surface area contributed by atoms with Crippen LogP contribution in [0.5, 0.6) is 0 Å². The van der Waals surface area contributed by atoms with E-state index in [4.69, 9.17) is 0 Å². The Kier molecular flexibility index (Phi) is 2.86. The molecule has 4 heteroatoms. The van der Waals surface area contributed by atoms with Crippen molar-refractivity contribution in [2.24, 2.45) is 7.05 Å². The molecule has 0 aliphatic carbocycles. The van der Waals surface area contributed by atoms with Crippen molar-refractivity contribution in [3.05, 3.63) is 52.3 Å². The third kappa shape index (κ3) is 1.79. The zero-order valence-electron chi connectivity index (χ0n) is 9.18. The van der Waals surface area contributed by atoms with Crippen molar-refractivity contribution in [2.45, 2.75) is 12.5 Å². The molecule has 1 N–H and O–H groups in total. The summed E-state index contributed by atoms with van der Waals surface area (Å²) in [6, 6.07) is 9.47. The molecule has 0 amide bonds. The second-order valence-corrected chi connectivity index (χ2v) is 4.75. The summed E-state index contributed by atoms with van der Waals surface area (Å²) < 4.78 is 2.57. The number of halogens is 1. The summed E-state index contributed by atoms with van der Waals surface area (Å²) in [7, 11) is 1.82. The summed E-state index contributed by atoms with van der Waals surface area (Å²) in [5, 5.41) is 14.7. The monoisotopic (exact) mass is 280 g/mol. The van der Waals surface area contributed by atoms with Gasteiger partial charge in [-0.25, -0.2) is 0 Å². The number of rotatable bonds is 2. The lowest BCUT2D eigenvalue weighted by Gasteiger charge is -2.25. The highest BCUT2D eigenvalue weighted by atomic mass is 79.9. The first kappa shape index (κ1) is 11.4. The highest BCUT2D eigenvalue weighted by molar-refractivity contribution is 9.10. The van der Waals surface area contributed by atoms with Gasteiger partial charge in [0.2, 0.25) is 0 Å². The molecule has 1 heterocycles. The van der Waals surface area contributed by atoms with E-state index in [0.29, 0.717) is 0 Å². The van der Waals surface area contributed by atoms with Gasteiger partial charge >= 0.3 is 0 Å². The van der Waals surface area contributed by atoms with Crippen LogP contribution in [0.15, 0.2) is 41.0 Å². The van der Waals surface area contributed by atoms with E-state index in [1.54, 1.807) is 17.8 Å². The Hall–Kier alpha value is -1.13. The minimum atomic E-state index is -1.05. The summed E-state index contributed by atoms with van der Waals surface area (Å²) in [6.45, 7) is 1.77. The minimum Gasteiger partial charge on any atom is -0.379 e. The lowest BCUT2D eigenvalue weighted by molar-refractivity contribution is 0.0921. The fourth-order valence-electron chi connectivity index (χ4n) is 1.85. The van der Waals surface area contributed by atoms with Gasteiger partial charge in [0.05, 0.1) is 5.69 Å². The Morgan fingerprint density at radius 3 is 2.56 bits per heavy atom. The molecule has 1 unspecified atom stereocenters. The van der Waals surface area contributed by atoms with Crippen LogP contribution in [0.25, 0.3) is 0 Å². The Balaban J connectivity index is 2.55. The molecule has 16 heavy (non-hydrogen) atoms. The topological polar surface area (TPSA) is 38.0 Å². The number of aliphatic hydroxyl groups is 1. The predicted molar refractivity (Wildman–Crippen MR) is 66.0 cm³/mol. The highest BCUT2D eigenvalue weighted by Gasteiger charge is 2.30. The molecular formula is C12H13BrN2O. The third-order valence-electron chi connectivity index (χ3n) is 2.72. The quantitative estimate of drug-likeness (QED) is 0.918. The van der Waals surface area contributed by atoms with Gasteiger partial charge in [0.15, 0.2) is 0 Å². The molecule has 0 aliphatic rings. The van der Waals surface area contributed by atoms with Gasteiger partial charge in [0.1, 0.15) is 5.60 Å². The maximum absolute atomic E-state index is 10.6. The first-order valence-electron chi connectivity index (χ1n) is 4.99. The van der Waals surface area contributed by atoms with Gasteiger partial charge in [-0.2, -0.15) is 5.10 Å². The van der Waals surface area contributed by atoms with Crippen molar-refractivity contribution in [3.63, 3.8) is 0 Å². The van der Waals surface area contributed by atoms with Crippen molar-refractivity contribution in [1.29, 1.82) is 0 Å². The summed E-state index contributed by atoms with van der Waals surface area (Å²) in [5.41, 5.74) is 0.545. The average Bonchev–Trinajstić information content (AvgIpc) is 2.65. The first-order valence-corrected chi connectivity index (χ1v) is 5.78. The van der Waals surface area contributed by atoms with Crippen LogP contribution in [0.4, 0.5) is 0 Å².